The lowest BCUT2D eigenvalue weighted by Crippen LogP contribution is -2.16. The number of carboxylic acids is 1. The van der Waals surface area contributed by atoms with Gasteiger partial charge in [-0.3, -0.25) is 4.79 Å². The molecule has 0 saturated carbocycles. The van der Waals surface area contributed by atoms with Crippen molar-refractivity contribution in [3.05, 3.63) is 18.2 Å². The van der Waals surface area contributed by atoms with E-state index in [0.29, 0.717) is 18.7 Å². The van der Waals surface area contributed by atoms with Gasteiger partial charge in [-0.05, 0) is 31.5 Å². The van der Waals surface area contributed by atoms with E-state index >= 15 is 0 Å². The number of aliphatic carboxylic acids is 1. The van der Waals surface area contributed by atoms with Crippen molar-refractivity contribution in [2.75, 3.05) is 12.3 Å². The minimum absolute atomic E-state index is 0.464. The second-order valence-corrected chi connectivity index (χ2v) is 5.11. The fraction of sp³-hybridized carbons (Fsp3) is 0.462. The molecule has 0 heterocycles. The molecule has 0 radical (unpaired) electrons. The molecule has 1 rings (SSSR count). The summed E-state index contributed by atoms with van der Waals surface area (Å²) >= 11 is 1.28. The van der Waals surface area contributed by atoms with Crippen LogP contribution in [0.1, 0.15) is 26.7 Å². The Bertz CT molecular complexity index is 409. The first kappa shape index (κ1) is 14.7. The van der Waals surface area contributed by atoms with E-state index in [-0.39, 0.29) is 0 Å². The molecule has 100 valence electrons. The maximum Gasteiger partial charge on any atom is 0.316 e. The van der Waals surface area contributed by atoms with Crippen LogP contribution in [0.15, 0.2) is 23.1 Å². The van der Waals surface area contributed by atoms with Crippen molar-refractivity contribution in [1.29, 1.82) is 0 Å². The van der Waals surface area contributed by atoms with Gasteiger partial charge < -0.3 is 15.6 Å². The standard InChI is InChI=1S/C13H19NO3S/c1-3-5-11(13(15)16)18-12-8-9(17-4-2)6-7-10(12)14/h6-8,11H,3-5,14H2,1-2H3,(H,15,16). The molecular weight excluding hydrogens is 250 g/mol. The van der Waals surface area contributed by atoms with Crippen LogP contribution in [0.4, 0.5) is 5.69 Å². The van der Waals surface area contributed by atoms with Gasteiger partial charge in [0.1, 0.15) is 11.0 Å². The Morgan fingerprint density at radius 2 is 2.22 bits per heavy atom. The SMILES string of the molecule is CCCC(Sc1cc(OCC)ccc1N)C(=O)O. The maximum atomic E-state index is 11.1. The van der Waals surface area contributed by atoms with Crippen LogP contribution in [-0.2, 0) is 4.79 Å². The number of nitrogen functional groups attached to an aromatic ring is 1. The number of benzene rings is 1. The van der Waals surface area contributed by atoms with Crippen molar-refractivity contribution < 1.29 is 14.6 Å². The Labute approximate surface area is 112 Å². The van der Waals surface area contributed by atoms with Crippen LogP contribution in [0, 0.1) is 0 Å². The van der Waals surface area contributed by atoms with Crippen molar-refractivity contribution in [2.45, 2.75) is 36.8 Å². The predicted octanol–water partition coefficient (Wildman–Crippen LogP) is 3.01. The van der Waals surface area contributed by atoms with Crippen molar-refractivity contribution in [3.63, 3.8) is 0 Å². The lowest BCUT2D eigenvalue weighted by atomic mass is 10.2. The number of carboxylic acid groups (broad SMARTS) is 1. The monoisotopic (exact) mass is 269 g/mol. The highest BCUT2D eigenvalue weighted by molar-refractivity contribution is 8.00. The molecule has 4 nitrogen and oxygen atoms in total. The molecule has 0 aliphatic carbocycles. The molecule has 0 spiro atoms. The summed E-state index contributed by atoms with van der Waals surface area (Å²) in [7, 11) is 0. The number of nitrogens with two attached hydrogens (primary N) is 1. The molecule has 1 aromatic carbocycles. The molecule has 0 fully saturated rings. The van der Waals surface area contributed by atoms with Crippen molar-refractivity contribution in [3.8, 4) is 5.75 Å². The first-order valence-corrected chi connectivity index (χ1v) is 6.88. The molecule has 0 bridgehead atoms. The van der Waals surface area contributed by atoms with Gasteiger partial charge in [-0.25, -0.2) is 0 Å². The highest BCUT2D eigenvalue weighted by atomic mass is 32.2. The quantitative estimate of drug-likeness (QED) is 0.588. The van der Waals surface area contributed by atoms with Gasteiger partial charge in [0.15, 0.2) is 0 Å². The van der Waals surface area contributed by atoms with E-state index < -0.39 is 11.2 Å². The van der Waals surface area contributed by atoms with Crippen molar-refractivity contribution in [1.82, 2.24) is 0 Å². The van der Waals surface area contributed by atoms with E-state index in [0.717, 1.165) is 17.1 Å². The van der Waals surface area contributed by atoms with E-state index in [2.05, 4.69) is 0 Å². The lowest BCUT2D eigenvalue weighted by Gasteiger charge is -2.13. The smallest absolute Gasteiger partial charge is 0.316 e. The third-order valence-corrected chi connectivity index (χ3v) is 3.72. The van der Waals surface area contributed by atoms with E-state index in [1.165, 1.54) is 11.8 Å². The van der Waals surface area contributed by atoms with Crippen LogP contribution in [0.3, 0.4) is 0 Å². The average Bonchev–Trinajstić information content (AvgIpc) is 2.33. The zero-order chi connectivity index (χ0) is 13.5. The van der Waals surface area contributed by atoms with Gasteiger partial charge in [0.2, 0.25) is 0 Å². The summed E-state index contributed by atoms with van der Waals surface area (Å²) in [5.41, 5.74) is 6.45. The van der Waals surface area contributed by atoms with Gasteiger partial charge in [-0.15, -0.1) is 11.8 Å². The zero-order valence-corrected chi connectivity index (χ0v) is 11.5. The van der Waals surface area contributed by atoms with Crippen LogP contribution in [0.25, 0.3) is 0 Å². The lowest BCUT2D eigenvalue weighted by molar-refractivity contribution is -0.136. The molecule has 0 aliphatic heterocycles. The van der Waals surface area contributed by atoms with Gasteiger partial charge in [0.05, 0.1) is 6.61 Å². The Morgan fingerprint density at radius 3 is 2.78 bits per heavy atom. The van der Waals surface area contributed by atoms with Gasteiger partial charge in [-0.1, -0.05) is 13.3 Å². The van der Waals surface area contributed by atoms with Crippen LogP contribution < -0.4 is 10.5 Å². The third kappa shape index (κ3) is 4.14. The number of ether oxygens (including phenoxy) is 1. The van der Waals surface area contributed by atoms with Gasteiger partial charge >= 0.3 is 5.97 Å². The summed E-state index contributed by atoms with van der Waals surface area (Å²) in [5, 5.41) is 8.67. The number of rotatable bonds is 7. The molecule has 1 aromatic rings. The fourth-order valence-corrected chi connectivity index (χ4v) is 2.67. The summed E-state index contributed by atoms with van der Waals surface area (Å²) in [5.74, 6) is -0.0853. The molecule has 5 heteroatoms. The fourth-order valence-electron chi connectivity index (χ4n) is 1.52. The van der Waals surface area contributed by atoms with E-state index in [4.69, 9.17) is 15.6 Å². The second kappa shape index (κ2) is 7.16. The summed E-state index contributed by atoms with van der Waals surface area (Å²) in [4.78, 5) is 11.9. The minimum Gasteiger partial charge on any atom is -0.494 e. The largest absolute Gasteiger partial charge is 0.494 e. The summed E-state index contributed by atoms with van der Waals surface area (Å²) < 4.78 is 5.39. The number of thioether (sulfide) groups is 1. The summed E-state index contributed by atoms with van der Waals surface area (Å²) in [6, 6.07) is 5.34. The topological polar surface area (TPSA) is 72.5 Å². The van der Waals surface area contributed by atoms with Crippen LogP contribution in [-0.4, -0.2) is 22.9 Å². The Morgan fingerprint density at radius 1 is 1.50 bits per heavy atom. The minimum atomic E-state index is -0.803. The van der Waals surface area contributed by atoms with Gasteiger partial charge in [0, 0.05) is 10.6 Å². The first-order valence-electron chi connectivity index (χ1n) is 6.00. The van der Waals surface area contributed by atoms with E-state index in [1.54, 1.807) is 18.2 Å². The normalized spacial score (nSPS) is 12.1. The molecular formula is C13H19NO3S. The first-order chi connectivity index (χ1) is 8.58. The van der Waals surface area contributed by atoms with Crippen LogP contribution in [0.5, 0.6) is 5.75 Å². The maximum absolute atomic E-state index is 11.1. The Hall–Kier alpha value is -1.36. The molecule has 0 aromatic heterocycles. The van der Waals surface area contributed by atoms with Crippen molar-refractivity contribution in [2.24, 2.45) is 0 Å². The van der Waals surface area contributed by atoms with Crippen LogP contribution >= 0.6 is 11.8 Å². The van der Waals surface area contributed by atoms with Gasteiger partial charge in [-0.2, -0.15) is 0 Å². The van der Waals surface area contributed by atoms with Crippen molar-refractivity contribution >= 4 is 23.4 Å². The molecule has 0 amide bonds. The number of hydrogen-bond donors (Lipinski definition) is 2. The van der Waals surface area contributed by atoms with Gasteiger partial charge in [0.25, 0.3) is 0 Å². The molecule has 0 saturated heterocycles. The highest BCUT2D eigenvalue weighted by Crippen LogP contribution is 2.33. The van der Waals surface area contributed by atoms with Crippen LogP contribution in [0.2, 0.25) is 0 Å². The predicted molar refractivity (Wildman–Crippen MR) is 74.2 cm³/mol. The number of hydrogen-bond acceptors (Lipinski definition) is 4. The Kier molecular flexibility index (Phi) is 5.85. The molecule has 0 aliphatic rings. The molecule has 18 heavy (non-hydrogen) atoms. The molecule has 1 unspecified atom stereocenters. The number of anilines is 1. The van der Waals surface area contributed by atoms with E-state index in [1.807, 2.05) is 13.8 Å². The second-order valence-electron chi connectivity index (χ2n) is 3.87. The van der Waals surface area contributed by atoms with E-state index in [9.17, 15) is 4.79 Å². The Balaban J connectivity index is 2.86. The third-order valence-electron chi connectivity index (χ3n) is 2.39. The molecule has 3 N–H and O–H groups in total. The number of carbonyl (C=O) groups is 1. The average molecular weight is 269 g/mol. The summed E-state index contributed by atoms with van der Waals surface area (Å²) in [6.45, 7) is 4.45. The molecule has 1 atom stereocenters. The highest BCUT2D eigenvalue weighted by Gasteiger charge is 2.19. The zero-order valence-electron chi connectivity index (χ0n) is 10.7. The summed E-state index contributed by atoms with van der Waals surface area (Å²) in [6.07, 6.45) is 1.45.